The summed E-state index contributed by atoms with van der Waals surface area (Å²) in [6.07, 6.45) is 0. The zero-order valence-corrected chi connectivity index (χ0v) is 8.83. The van der Waals surface area contributed by atoms with E-state index in [1.54, 1.807) is 20.8 Å². The highest BCUT2D eigenvalue weighted by Gasteiger charge is 2.31. The van der Waals surface area contributed by atoms with E-state index < -0.39 is 23.0 Å². The van der Waals surface area contributed by atoms with Crippen LogP contribution in [0.3, 0.4) is 0 Å². The third-order valence-electron chi connectivity index (χ3n) is 1.99. The van der Waals surface area contributed by atoms with Gasteiger partial charge < -0.3 is 15.4 Å². The summed E-state index contributed by atoms with van der Waals surface area (Å²) in [7, 11) is 0. The molecule has 15 heavy (non-hydrogen) atoms. The first-order valence-corrected chi connectivity index (χ1v) is 4.45. The fraction of sp³-hybridized carbons (Fsp3) is 0.556. The van der Waals surface area contributed by atoms with Crippen molar-refractivity contribution in [3.8, 4) is 0 Å². The van der Waals surface area contributed by atoms with E-state index in [4.69, 9.17) is 15.4 Å². The Labute approximate surface area is 86.0 Å². The molecule has 0 aromatic carbocycles. The normalized spacial score (nSPS) is 13.9. The summed E-state index contributed by atoms with van der Waals surface area (Å²) in [5.74, 6) is -0.977. The fourth-order valence-corrected chi connectivity index (χ4v) is 1.27. The van der Waals surface area contributed by atoms with Crippen LogP contribution in [-0.4, -0.2) is 16.2 Å². The second-order valence-electron chi connectivity index (χ2n) is 4.34. The Morgan fingerprint density at radius 2 is 2.07 bits per heavy atom. The van der Waals surface area contributed by atoms with Crippen molar-refractivity contribution >= 4 is 5.97 Å². The molecule has 0 aliphatic rings. The first kappa shape index (κ1) is 11.5. The number of aromatic nitrogens is 1. The first-order chi connectivity index (χ1) is 6.75. The summed E-state index contributed by atoms with van der Waals surface area (Å²) in [6.45, 7) is 5.41. The fourth-order valence-electron chi connectivity index (χ4n) is 1.27. The van der Waals surface area contributed by atoms with Crippen LogP contribution in [-0.2, 0) is 10.2 Å². The molecule has 0 bridgehead atoms. The van der Waals surface area contributed by atoms with Gasteiger partial charge in [-0.15, -0.1) is 0 Å². The Hall–Kier alpha value is -1.56. The van der Waals surface area contributed by atoms with Crippen LogP contribution in [0.2, 0.25) is 0 Å². The van der Waals surface area contributed by atoms with E-state index in [1.807, 2.05) is 0 Å². The number of nitrogens with two attached hydrogens (primary N) is 1. The van der Waals surface area contributed by atoms with Gasteiger partial charge in [-0.25, -0.2) is 0 Å². The van der Waals surface area contributed by atoms with Gasteiger partial charge in [-0.05, 0) is 0 Å². The topological polar surface area (TPSA) is 109 Å². The lowest BCUT2D eigenvalue weighted by molar-refractivity contribution is -0.138. The zero-order valence-electron chi connectivity index (χ0n) is 8.83. The van der Waals surface area contributed by atoms with Gasteiger partial charge in [-0.2, -0.15) is 5.16 Å². The van der Waals surface area contributed by atoms with Crippen molar-refractivity contribution in [3.63, 3.8) is 0 Å². The second-order valence-corrected chi connectivity index (χ2v) is 4.34. The molecule has 84 valence electrons. The van der Waals surface area contributed by atoms with Crippen LogP contribution in [0.1, 0.15) is 38.1 Å². The molecule has 0 aliphatic carbocycles. The molecule has 1 aromatic heterocycles. The number of carbonyl (C=O) groups is 1. The zero-order chi connectivity index (χ0) is 11.8. The van der Waals surface area contributed by atoms with Crippen molar-refractivity contribution in [1.82, 2.24) is 5.16 Å². The third kappa shape index (κ3) is 2.10. The van der Waals surface area contributed by atoms with E-state index in [0.29, 0.717) is 0 Å². The van der Waals surface area contributed by atoms with Crippen molar-refractivity contribution in [2.45, 2.75) is 32.2 Å². The lowest BCUT2D eigenvalue weighted by Crippen LogP contribution is -2.29. The Kier molecular flexibility index (Phi) is 2.72. The number of nitrogens with one attached hydrogen (secondary N) is 1. The summed E-state index contributed by atoms with van der Waals surface area (Å²) < 4.78 is 4.95. The highest BCUT2D eigenvalue weighted by atomic mass is 16.5. The molecule has 0 saturated carbocycles. The maximum atomic E-state index is 11.3. The smallest absolute Gasteiger partial charge is 0.325 e. The first-order valence-electron chi connectivity index (χ1n) is 4.45. The number of aliphatic carboxylic acids is 1. The van der Waals surface area contributed by atoms with Crippen LogP contribution in [0.4, 0.5) is 0 Å². The summed E-state index contributed by atoms with van der Waals surface area (Å²) >= 11 is 0. The van der Waals surface area contributed by atoms with E-state index in [0.717, 1.165) is 0 Å². The summed E-state index contributed by atoms with van der Waals surface area (Å²) in [5, 5.41) is 10.9. The minimum atomic E-state index is -1.36. The molecule has 1 aromatic rings. The molecule has 0 radical (unpaired) electrons. The predicted molar refractivity (Wildman–Crippen MR) is 52.6 cm³/mol. The minimum Gasteiger partial charge on any atom is -0.480 e. The summed E-state index contributed by atoms with van der Waals surface area (Å²) in [5.41, 5.74) is 4.32. The van der Waals surface area contributed by atoms with Crippen molar-refractivity contribution in [1.29, 1.82) is 0 Å². The van der Waals surface area contributed by atoms with Gasteiger partial charge in [0.15, 0.2) is 0 Å². The SMILES string of the molecule is CC(C)(C)c1o[nH]c(=O)c1[C@H](N)C(=O)O. The Balaban J connectivity index is 3.34. The van der Waals surface area contributed by atoms with Crippen molar-refractivity contribution in [3.05, 3.63) is 21.7 Å². The van der Waals surface area contributed by atoms with E-state index in [1.165, 1.54) is 0 Å². The van der Waals surface area contributed by atoms with Crippen LogP contribution in [0.25, 0.3) is 0 Å². The lowest BCUT2D eigenvalue weighted by atomic mass is 9.88. The number of rotatable bonds is 2. The molecule has 1 atom stereocenters. The van der Waals surface area contributed by atoms with E-state index >= 15 is 0 Å². The van der Waals surface area contributed by atoms with E-state index in [2.05, 4.69) is 5.16 Å². The quantitative estimate of drug-likeness (QED) is 0.658. The minimum absolute atomic E-state index is 0.0185. The molecule has 4 N–H and O–H groups in total. The molecule has 1 heterocycles. The number of hydrogen-bond acceptors (Lipinski definition) is 4. The van der Waals surface area contributed by atoms with Gasteiger partial charge in [0.2, 0.25) is 0 Å². The Morgan fingerprint density at radius 3 is 2.47 bits per heavy atom. The van der Waals surface area contributed by atoms with Gasteiger partial charge in [-0.1, -0.05) is 20.8 Å². The third-order valence-corrected chi connectivity index (χ3v) is 1.99. The average molecular weight is 214 g/mol. The summed E-state index contributed by atoms with van der Waals surface area (Å²) in [4.78, 5) is 22.0. The molecule has 0 saturated heterocycles. The molecule has 6 heteroatoms. The van der Waals surface area contributed by atoms with Crippen molar-refractivity contribution < 1.29 is 14.4 Å². The van der Waals surface area contributed by atoms with Gasteiger partial charge >= 0.3 is 5.97 Å². The van der Waals surface area contributed by atoms with E-state index in [9.17, 15) is 9.59 Å². The number of hydrogen-bond donors (Lipinski definition) is 3. The molecule has 1 rings (SSSR count). The average Bonchev–Trinajstić information content (AvgIpc) is 2.44. The van der Waals surface area contributed by atoms with Crippen molar-refractivity contribution in [2.24, 2.45) is 5.73 Å². The molecule has 0 fully saturated rings. The van der Waals surface area contributed by atoms with Gasteiger partial charge in [-0.3, -0.25) is 9.59 Å². The van der Waals surface area contributed by atoms with Gasteiger partial charge in [0, 0.05) is 5.41 Å². The van der Waals surface area contributed by atoms with Crippen LogP contribution >= 0.6 is 0 Å². The van der Waals surface area contributed by atoms with Gasteiger partial charge in [0.1, 0.15) is 11.8 Å². The second kappa shape index (κ2) is 3.54. The molecule has 0 spiro atoms. The maximum absolute atomic E-state index is 11.3. The molecular formula is C9H14N2O4. The van der Waals surface area contributed by atoms with Crippen LogP contribution < -0.4 is 11.3 Å². The van der Waals surface area contributed by atoms with Crippen molar-refractivity contribution in [2.75, 3.05) is 0 Å². The van der Waals surface area contributed by atoms with Crippen LogP contribution in [0.5, 0.6) is 0 Å². The Morgan fingerprint density at radius 1 is 1.53 bits per heavy atom. The molecule has 0 aliphatic heterocycles. The summed E-state index contributed by atoms with van der Waals surface area (Å²) in [6, 6.07) is -1.36. The number of carboxylic acids is 1. The van der Waals surface area contributed by atoms with Gasteiger partial charge in [0.25, 0.3) is 5.56 Å². The monoisotopic (exact) mass is 214 g/mol. The largest absolute Gasteiger partial charge is 0.480 e. The number of aromatic amines is 1. The highest BCUT2D eigenvalue weighted by molar-refractivity contribution is 5.75. The predicted octanol–water partition coefficient (Wildman–Crippen LogP) is 0.350. The Bertz CT molecular complexity index is 424. The highest BCUT2D eigenvalue weighted by Crippen LogP contribution is 2.26. The standard InChI is InChI=1S/C9H14N2O4/c1-9(2,3)6-4(5(10)8(13)14)7(12)11-15-6/h5H,10H2,1-3H3,(H,11,12)(H,13,14)/t5-/m0/s1. The molecule has 0 amide bonds. The molecule has 0 unspecified atom stereocenters. The number of H-pyrrole nitrogens is 1. The lowest BCUT2D eigenvalue weighted by Gasteiger charge is -2.16. The molecule has 6 nitrogen and oxygen atoms in total. The van der Waals surface area contributed by atoms with Crippen LogP contribution in [0.15, 0.2) is 9.32 Å². The van der Waals surface area contributed by atoms with E-state index in [-0.39, 0.29) is 11.3 Å². The number of carboxylic acid groups (broad SMARTS) is 1. The maximum Gasteiger partial charge on any atom is 0.325 e. The molecular weight excluding hydrogens is 200 g/mol. The van der Waals surface area contributed by atoms with Crippen LogP contribution in [0, 0.1) is 0 Å². The van der Waals surface area contributed by atoms with Gasteiger partial charge in [0.05, 0.1) is 5.56 Å².